The molecule has 1 fully saturated rings. The number of rotatable bonds is 4. The Kier molecular flexibility index (Phi) is 5.06. The van der Waals surface area contributed by atoms with Crippen LogP contribution in [0.4, 0.5) is 5.69 Å². The molecule has 1 atom stereocenters. The van der Waals surface area contributed by atoms with Crippen molar-refractivity contribution in [3.63, 3.8) is 0 Å². The standard InChI is InChI=1S/C16H23ClN2O/c1-3-8-16(9-5-10-18-11-16)15(20)19-14-7-4-6-13(17)12(14)2/h4,6-7,18H,3,5,8-11H2,1-2H3,(H,19,20). The molecule has 1 heterocycles. The first-order valence-corrected chi connectivity index (χ1v) is 7.74. The Hall–Kier alpha value is -1.06. The summed E-state index contributed by atoms with van der Waals surface area (Å²) >= 11 is 6.12. The SMILES string of the molecule is CCCC1(C(=O)Nc2cccc(Cl)c2C)CCCNC1. The lowest BCUT2D eigenvalue weighted by atomic mass is 9.76. The van der Waals surface area contributed by atoms with Crippen LogP contribution in [0.15, 0.2) is 18.2 Å². The van der Waals surface area contributed by atoms with Crippen LogP contribution in [0.2, 0.25) is 5.02 Å². The number of anilines is 1. The Bertz CT molecular complexity index is 476. The van der Waals surface area contributed by atoms with Crippen LogP contribution in [-0.2, 0) is 4.79 Å². The van der Waals surface area contributed by atoms with Gasteiger partial charge in [-0.1, -0.05) is 31.0 Å². The van der Waals surface area contributed by atoms with Crippen molar-refractivity contribution >= 4 is 23.2 Å². The smallest absolute Gasteiger partial charge is 0.231 e. The number of halogens is 1. The van der Waals surface area contributed by atoms with E-state index in [2.05, 4.69) is 17.6 Å². The van der Waals surface area contributed by atoms with Crippen LogP contribution in [0.3, 0.4) is 0 Å². The normalized spacial score (nSPS) is 22.6. The summed E-state index contributed by atoms with van der Waals surface area (Å²) in [4.78, 5) is 12.7. The van der Waals surface area contributed by atoms with Gasteiger partial charge in [-0.3, -0.25) is 4.79 Å². The molecule has 0 bridgehead atoms. The summed E-state index contributed by atoms with van der Waals surface area (Å²) in [6.45, 7) is 5.85. The van der Waals surface area contributed by atoms with Gasteiger partial charge in [-0.25, -0.2) is 0 Å². The van der Waals surface area contributed by atoms with Crippen molar-refractivity contribution in [2.75, 3.05) is 18.4 Å². The average molecular weight is 295 g/mol. The minimum Gasteiger partial charge on any atom is -0.325 e. The van der Waals surface area contributed by atoms with Crippen molar-refractivity contribution in [3.8, 4) is 0 Å². The average Bonchev–Trinajstić information content (AvgIpc) is 2.45. The molecule has 4 heteroatoms. The van der Waals surface area contributed by atoms with Crippen molar-refractivity contribution in [1.29, 1.82) is 0 Å². The molecule has 2 rings (SSSR count). The molecule has 0 aromatic heterocycles. The van der Waals surface area contributed by atoms with Crippen LogP contribution < -0.4 is 10.6 Å². The van der Waals surface area contributed by atoms with Gasteiger partial charge >= 0.3 is 0 Å². The van der Waals surface area contributed by atoms with E-state index in [1.807, 2.05) is 25.1 Å². The predicted octanol–water partition coefficient (Wildman–Crippen LogP) is 3.76. The number of hydrogen-bond acceptors (Lipinski definition) is 2. The first-order chi connectivity index (χ1) is 9.59. The second-order valence-electron chi connectivity index (χ2n) is 5.68. The first kappa shape index (κ1) is 15.3. The largest absolute Gasteiger partial charge is 0.325 e. The van der Waals surface area contributed by atoms with Crippen LogP contribution in [0.25, 0.3) is 0 Å². The summed E-state index contributed by atoms with van der Waals surface area (Å²) in [6, 6.07) is 5.63. The molecule has 1 aromatic carbocycles. The lowest BCUT2D eigenvalue weighted by Crippen LogP contribution is -2.48. The zero-order valence-corrected chi connectivity index (χ0v) is 13.0. The maximum Gasteiger partial charge on any atom is 0.231 e. The molecule has 20 heavy (non-hydrogen) atoms. The molecular formula is C16H23ClN2O. The van der Waals surface area contributed by atoms with Crippen molar-refractivity contribution in [2.45, 2.75) is 39.5 Å². The van der Waals surface area contributed by atoms with E-state index in [0.29, 0.717) is 5.02 Å². The first-order valence-electron chi connectivity index (χ1n) is 7.36. The van der Waals surface area contributed by atoms with Crippen LogP contribution in [0.1, 0.15) is 38.2 Å². The molecule has 1 unspecified atom stereocenters. The Morgan fingerprint density at radius 1 is 1.50 bits per heavy atom. The van der Waals surface area contributed by atoms with Crippen LogP contribution in [0.5, 0.6) is 0 Å². The number of benzene rings is 1. The zero-order chi connectivity index (χ0) is 14.6. The van der Waals surface area contributed by atoms with Crippen molar-refractivity contribution < 1.29 is 4.79 Å². The van der Waals surface area contributed by atoms with Crippen molar-refractivity contribution in [1.82, 2.24) is 5.32 Å². The molecule has 1 aromatic rings. The molecule has 0 spiro atoms. The maximum atomic E-state index is 12.7. The molecule has 1 aliphatic rings. The maximum absolute atomic E-state index is 12.7. The lowest BCUT2D eigenvalue weighted by molar-refractivity contribution is -0.127. The van der Waals surface area contributed by atoms with Gasteiger partial charge < -0.3 is 10.6 Å². The quantitative estimate of drug-likeness (QED) is 0.888. The number of nitrogens with one attached hydrogen (secondary N) is 2. The van der Waals surface area contributed by atoms with Crippen molar-refractivity contribution in [2.24, 2.45) is 5.41 Å². The minimum absolute atomic E-state index is 0.122. The van der Waals surface area contributed by atoms with E-state index in [4.69, 9.17) is 11.6 Å². The van der Waals surface area contributed by atoms with Crippen LogP contribution in [-0.4, -0.2) is 19.0 Å². The van der Waals surface area contributed by atoms with Crippen molar-refractivity contribution in [3.05, 3.63) is 28.8 Å². The summed E-state index contributed by atoms with van der Waals surface area (Å²) < 4.78 is 0. The highest BCUT2D eigenvalue weighted by molar-refractivity contribution is 6.31. The zero-order valence-electron chi connectivity index (χ0n) is 12.3. The van der Waals surface area contributed by atoms with E-state index in [1.54, 1.807) is 0 Å². The monoisotopic (exact) mass is 294 g/mol. The van der Waals surface area contributed by atoms with E-state index < -0.39 is 0 Å². The second kappa shape index (κ2) is 6.59. The molecule has 0 radical (unpaired) electrons. The summed E-state index contributed by atoms with van der Waals surface area (Å²) in [6.07, 6.45) is 3.95. The van der Waals surface area contributed by atoms with E-state index >= 15 is 0 Å². The third-order valence-electron chi connectivity index (χ3n) is 4.20. The molecule has 1 aliphatic heterocycles. The molecular weight excluding hydrogens is 272 g/mol. The molecule has 110 valence electrons. The Morgan fingerprint density at radius 2 is 2.30 bits per heavy atom. The minimum atomic E-state index is -0.276. The molecule has 2 N–H and O–H groups in total. The molecule has 3 nitrogen and oxygen atoms in total. The van der Waals surface area contributed by atoms with Gasteiger partial charge in [-0.15, -0.1) is 0 Å². The topological polar surface area (TPSA) is 41.1 Å². The van der Waals surface area contributed by atoms with E-state index in [-0.39, 0.29) is 11.3 Å². The number of hydrogen-bond donors (Lipinski definition) is 2. The summed E-state index contributed by atoms with van der Waals surface area (Å²) in [5, 5.41) is 7.14. The van der Waals surface area contributed by atoms with E-state index in [9.17, 15) is 4.79 Å². The molecule has 1 amide bonds. The number of carbonyl (C=O) groups is 1. The van der Waals surface area contributed by atoms with Gasteiger partial charge in [-0.05, 0) is 50.4 Å². The third kappa shape index (κ3) is 3.15. The molecule has 0 aliphatic carbocycles. The molecule has 1 saturated heterocycles. The lowest BCUT2D eigenvalue weighted by Gasteiger charge is -2.36. The summed E-state index contributed by atoms with van der Waals surface area (Å²) in [5.41, 5.74) is 1.48. The third-order valence-corrected chi connectivity index (χ3v) is 4.61. The van der Waals surface area contributed by atoms with Gasteiger partial charge in [0.15, 0.2) is 0 Å². The number of piperidine rings is 1. The number of amides is 1. The second-order valence-corrected chi connectivity index (χ2v) is 6.08. The molecule has 0 saturated carbocycles. The van der Waals surface area contributed by atoms with E-state index in [0.717, 1.165) is 50.0 Å². The van der Waals surface area contributed by atoms with Crippen LogP contribution >= 0.6 is 11.6 Å². The highest BCUT2D eigenvalue weighted by atomic mass is 35.5. The van der Waals surface area contributed by atoms with Gasteiger partial charge in [0.1, 0.15) is 0 Å². The Morgan fingerprint density at radius 3 is 2.95 bits per heavy atom. The Labute approximate surface area is 126 Å². The summed E-state index contributed by atoms with van der Waals surface area (Å²) in [7, 11) is 0. The van der Waals surface area contributed by atoms with Gasteiger partial charge in [0.25, 0.3) is 0 Å². The highest BCUT2D eigenvalue weighted by Crippen LogP contribution is 2.34. The fraction of sp³-hybridized carbons (Fsp3) is 0.562. The fourth-order valence-electron chi connectivity index (χ4n) is 2.96. The number of carbonyl (C=O) groups excluding carboxylic acids is 1. The van der Waals surface area contributed by atoms with Gasteiger partial charge in [0.05, 0.1) is 5.41 Å². The highest BCUT2D eigenvalue weighted by Gasteiger charge is 2.38. The van der Waals surface area contributed by atoms with Gasteiger partial charge in [-0.2, -0.15) is 0 Å². The predicted molar refractivity (Wildman–Crippen MR) is 84.3 cm³/mol. The summed E-state index contributed by atoms with van der Waals surface area (Å²) in [5.74, 6) is 0.122. The Balaban J connectivity index is 2.18. The van der Waals surface area contributed by atoms with Gasteiger partial charge in [0, 0.05) is 17.3 Å². The van der Waals surface area contributed by atoms with Crippen LogP contribution in [0, 0.1) is 12.3 Å². The fourth-order valence-corrected chi connectivity index (χ4v) is 3.14. The van der Waals surface area contributed by atoms with Gasteiger partial charge in [0.2, 0.25) is 5.91 Å². The van der Waals surface area contributed by atoms with E-state index in [1.165, 1.54) is 0 Å².